The molecule has 1 amide bonds. The highest BCUT2D eigenvalue weighted by Gasteiger charge is 2.14. The summed E-state index contributed by atoms with van der Waals surface area (Å²) in [5.74, 6) is -0.591. The van der Waals surface area contributed by atoms with Crippen molar-refractivity contribution in [2.24, 2.45) is 5.73 Å². The maximum atomic E-state index is 12.2. The zero-order chi connectivity index (χ0) is 15.5. The van der Waals surface area contributed by atoms with Gasteiger partial charge in [0.15, 0.2) is 0 Å². The number of benzene rings is 2. The molecule has 0 saturated heterocycles. The Kier molecular flexibility index (Phi) is 4.40. The van der Waals surface area contributed by atoms with Gasteiger partial charge in [-0.1, -0.05) is 24.3 Å². The lowest BCUT2D eigenvalue weighted by Gasteiger charge is -2.09. The third-order valence-electron chi connectivity index (χ3n) is 3.16. The number of nitrogens with one attached hydrogen (secondary N) is 1. The molecule has 110 valence electrons. The van der Waals surface area contributed by atoms with Crippen molar-refractivity contribution in [3.63, 3.8) is 0 Å². The predicted octanol–water partition coefficient (Wildman–Crippen LogP) is 1.57. The minimum atomic E-state index is -3.62. The second kappa shape index (κ2) is 6.07. The van der Waals surface area contributed by atoms with Gasteiger partial charge < -0.3 is 5.73 Å². The van der Waals surface area contributed by atoms with Crippen LogP contribution >= 0.6 is 0 Å². The Labute approximate surface area is 123 Å². The van der Waals surface area contributed by atoms with E-state index in [1.807, 2.05) is 31.2 Å². The van der Waals surface area contributed by atoms with Crippen molar-refractivity contribution in [1.29, 1.82) is 0 Å². The molecule has 0 bridgehead atoms. The van der Waals surface area contributed by atoms with Crippen molar-refractivity contribution in [3.8, 4) is 0 Å². The summed E-state index contributed by atoms with van der Waals surface area (Å²) in [6, 6.07) is 13.1. The highest BCUT2D eigenvalue weighted by Crippen LogP contribution is 2.12. The van der Waals surface area contributed by atoms with Gasteiger partial charge in [-0.05, 0) is 42.3 Å². The fourth-order valence-electron chi connectivity index (χ4n) is 1.86. The SMILES string of the molecule is Cc1ccccc1CNS(=O)(=O)c1ccc(C(N)=O)cc1. The van der Waals surface area contributed by atoms with Crippen LogP contribution in [0.25, 0.3) is 0 Å². The van der Waals surface area contributed by atoms with Gasteiger partial charge in [0.25, 0.3) is 0 Å². The lowest BCUT2D eigenvalue weighted by molar-refractivity contribution is 0.1000. The highest BCUT2D eigenvalue weighted by molar-refractivity contribution is 7.89. The maximum Gasteiger partial charge on any atom is 0.248 e. The standard InChI is InChI=1S/C15H16N2O3S/c1-11-4-2-3-5-13(11)10-17-21(19,20)14-8-6-12(7-9-14)15(16)18/h2-9,17H,10H2,1H3,(H2,16,18). The molecule has 0 aliphatic rings. The first-order valence-corrected chi connectivity index (χ1v) is 7.82. The largest absolute Gasteiger partial charge is 0.366 e. The highest BCUT2D eigenvalue weighted by atomic mass is 32.2. The van der Waals surface area contributed by atoms with Crippen LogP contribution in [0.1, 0.15) is 21.5 Å². The van der Waals surface area contributed by atoms with Crippen molar-refractivity contribution < 1.29 is 13.2 Å². The van der Waals surface area contributed by atoms with Gasteiger partial charge in [-0.15, -0.1) is 0 Å². The van der Waals surface area contributed by atoms with Crippen LogP contribution in [0, 0.1) is 6.92 Å². The molecule has 0 atom stereocenters. The number of sulfonamides is 1. The molecule has 0 aromatic heterocycles. The average molecular weight is 304 g/mol. The molecule has 3 N–H and O–H groups in total. The van der Waals surface area contributed by atoms with Crippen LogP contribution in [-0.4, -0.2) is 14.3 Å². The molecule has 0 fully saturated rings. The summed E-state index contributed by atoms with van der Waals surface area (Å²) in [5, 5.41) is 0. The Morgan fingerprint density at radius 1 is 1.10 bits per heavy atom. The monoisotopic (exact) mass is 304 g/mol. The molecule has 21 heavy (non-hydrogen) atoms. The minimum Gasteiger partial charge on any atom is -0.366 e. The van der Waals surface area contributed by atoms with Crippen LogP contribution in [0.4, 0.5) is 0 Å². The van der Waals surface area contributed by atoms with Crippen LogP contribution in [0.5, 0.6) is 0 Å². The van der Waals surface area contributed by atoms with E-state index in [9.17, 15) is 13.2 Å². The van der Waals surface area contributed by atoms with Crippen molar-refractivity contribution in [2.45, 2.75) is 18.4 Å². The van der Waals surface area contributed by atoms with Gasteiger partial charge in [-0.25, -0.2) is 13.1 Å². The second-order valence-corrected chi connectivity index (χ2v) is 6.41. The number of hydrogen-bond acceptors (Lipinski definition) is 3. The Morgan fingerprint density at radius 3 is 2.29 bits per heavy atom. The topological polar surface area (TPSA) is 89.3 Å². The van der Waals surface area contributed by atoms with Crippen molar-refractivity contribution >= 4 is 15.9 Å². The van der Waals surface area contributed by atoms with Crippen LogP contribution in [0.2, 0.25) is 0 Å². The summed E-state index contributed by atoms with van der Waals surface area (Å²) < 4.78 is 26.9. The number of carbonyl (C=O) groups is 1. The maximum absolute atomic E-state index is 12.2. The third-order valence-corrected chi connectivity index (χ3v) is 4.58. The number of aryl methyl sites for hydroxylation is 1. The van der Waals surface area contributed by atoms with E-state index in [0.717, 1.165) is 11.1 Å². The zero-order valence-electron chi connectivity index (χ0n) is 11.5. The van der Waals surface area contributed by atoms with Gasteiger partial charge in [0.05, 0.1) is 4.90 Å². The molecular formula is C15H16N2O3S. The molecule has 5 nitrogen and oxygen atoms in total. The summed E-state index contributed by atoms with van der Waals surface area (Å²) in [6.07, 6.45) is 0. The summed E-state index contributed by atoms with van der Waals surface area (Å²) in [6.45, 7) is 2.14. The van der Waals surface area contributed by atoms with Crippen LogP contribution in [0.15, 0.2) is 53.4 Å². The van der Waals surface area contributed by atoms with E-state index >= 15 is 0 Å². The number of hydrogen-bond donors (Lipinski definition) is 2. The Balaban J connectivity index is 2.15. The van der Waals surface area contributed by atoms with E-state index in [-0.39, 0.29) is 17.0 Å². The van der Waals surface area contributed by atoms with Crippen LogP contribution in [-0.2, 0) is 16.6 Å². The molecule has 6 heteroatoms. The molecule has 0 aliphatic carbocycles. The molecular weight excluding hydrogens is 288 g/mol. The fraction of sp³-hybridized carbons (Fsp3) is 0.133. The van der Waals surface area contributed by atoms with Crippen LogP contribution in [0.3, 0.4) is 0 Å². The Bertz CT molecular complexity index is 753. The smallest absolute Gasteiger partial charge is 0.248 e. The van der Waals surface area contributed by atoms with Crippen molar-refractivity contribution in [1.82, 2.24) is 4.72 Å². The first kappa shape index (κ1) is 15.2. The van der Waals surface area contributed by atoms with Gasteiger partial charge in [0.2, 0.25) is 15.9 Å². The first-order chi connectivity index (χ1) is 9.90. The van der Waals surface area contributed by atoms with Gasteiger partial charge >= 0.3 is 0 Å². The zero-order valence-corrected chi connectivity index (χ0v) is 12.4. The number of carbonyl (C=O) groups excluding carboxylic acids is 1. The predicted molar refractivity (Wildman–Crippen MR) is 80.2 cm³/mol. The lowest BCUT2D eigenvalue weighted by atomic mass is 10.1. The average Bonchev–Trinajstić information content (AvgIpc) is 2.46. The number of nitrogens with two attached hydrogens (primary N) is 1. The quantitative estimate of drug-likeness (QED) is 0.878. The second-order valence-electron chi connectivity index (χ2n) is 4.64. The van der Waals surface area contributed by atoms with E-state index in [1.165, 1.54) is 24.3 Å². The summed E-state index contributed by atoms with van der Waals surface area (Å²) in [4.78, 5) is 11.1. The van der Waals surface area contributed by atoms with Crippen LogP contribution < -0.4 is 10.5 Å². The Morgan fingerprint density at radius 2 is 1.71 bits per heavy atom. The molecule has 2 aromatic rings. The summed E-state index contributed by atoms with van der Waals surface area (Å²) >= 11 is 0. The molecule has 0 aliphatic heterocycles. The number of rotatable bonds is 5. The molecule has 0 saturated carbocycles. The van der Waals surface area contributed by atoms with Gasteiger partial charge in [0.1, 0.15) is 0 Å². The minimum absolute atomic E-state index is 0.0982. The first-order valence-electron chi connectivity index (χ1n) is 6.34. The normalized spacial score (nSPS) is 11.3. The van der Waals surface area contributed by atoms with Gasteiger partial charge in [-0.3, -0.25) is 4.79 Å². The number of amides is 1. The molecule has 0 unspecified atom stereocenters. The van der Waals surface area contributed by atoms with Gasteiger partial charge in [-0.2, -0.15) is 0 Å². The summed E-state index contributed by atoms with van der Waals surface area (Å²) in [7, 11) is -3.62. The molecule has 0 heterocycles. The van der Waals surface area contributed by atoms with Crippen molar-refractivity contribution in [2.75, 3.05) is 0 Å². The fourth-order valence-corrected chi connectivity index (χ4v) is 2.87. The van der Waals surface area contributed by atoms with E-state index in [0.29, 0.717) is 0 Å². The molecule has 2 aromatic carbocycles. The third kappa shape index (κ3) is 3.68. The van der Waals surface area contributed by atoms with E-state index in [4.69, 9.17) is 5.73 Å². The summed E-state index contributed by atoms with van der Waals surface area (Å²) in [5.41, 5.74) is 7.32. The molecule has 0 radical (unpaired) electrons. The Hall–Kier alpha value is -2.18. The van der Waals surface area contributed by atoms with E-state index in [2.05, 4.69) is 4.72 Å². The molecule has 0 spiro atoms. The molecule has 2 rings (SSSR count). The van der Waals surface area contributed by atoms with Crippen molar-refractivity contribution in [3.05, 3.63) is 65.2 Å². The van der Waals surface area contributed by atoms with E-state index < -0.39 is 15.9 Å². The van der Waals surface area contributed by atoms with E-state index in [1.54, 1.807) is 0 Å². The number of primary amides is 1. The van der Waals surface area contributed by atoms with Gasteiger partial charge in [0, 0.05) is 12.1 Å². The lowest BCUT2D eigenvalue weighted by Crippen LogP contribution is -2.23.